The number of rotatable bonds is 0. The van der Waals surface area contributed by atoms with Gasteiger partial charge in [0.25, 0.3) is 0 Å². The standard InChI is InChI=1S/C3H5.Pb.H/c1-2-3-1;;/h1H,2-3H2;;. The van der Waals surface area contributed by atoms with Crippen LogP contribution in [0.1, 0.15) is 12.8 Å². The van der Waals surface area contributed by atoms with Gasteiger partial charge in [-0.1, -0.05) is 0 Å². The van der Waals surface area contributed by atoms with Crippen LogP contribution < -0.4 is 0 Å². The van der Waals surface area contributed by atoms with Gasteiger partial charge < -0.3 is 0 Å². The Morgan fingerprint density at radius 2 is 1.75 bits per heavy atom. The summed E-state index contributed by atoms with van der Waals surface area (Å²) in [6, 6.07) is 0. The molecule has 0 aromatic carbocycles. The quantitative estimate of drug-likeness (QED) is 0.548. The molecule has 0 amide bonds. The third-order valence-corrected chi connectivity index (χ3v) is 3.21. The molecule has 4 heavy (non-hydrogen) atoms. The van der Waals surface area contributed by atoms with Crippen LogP contribution in [0.4, 0.5) is 0 Å². The molecule has 1 aliphatic carbocycles. The van der Waals surface area contributed by atoms with Crippen molar-refractivity contribution >= 4 is 25.8 Å². The molecule has 0 saturated heterocycles. The Bertz CT molecular complexity index is 22.5. The van der Waals surface area contributed by atoms with E-state index in [9.17, 15) is 0 Å². The van der Waals surface area contributed by atoms with E-state index in [1.54, 1.807) is 12.8 Å². The van der Waals surface area contributed by atoms with Gasteiger partial charge in [-0.05, 0) is 0 Å². The Morgan fingerprint density at radius 3 is 1.75 bits per heavy atom. The van der Waals surface area contributed by atoms with Crippen molar-refractivity contribution in [1.82, 2.24) is 0 Å². The Kier molecular flexibility index (Phi) is 0.746. The van der Waals surface area contributed by atoms with Crippen molar-refractivity contribution in [2.24, 2.45) is 0 Å². The van der Waals surface area contributed by atoms with Gasteiger partial charge >= 0.3 is 42.1 Å². The van der Waals surface area contributed by atoms with Crippen LogP contribution in [0, 0.1) is 0 Å². The molecule has 0 spiro atoms. The number of hydrogen-bond acceptors (Lipinski definition) is 0. The third-order valence-electron chi connectivity index (χ3n) is 0.622. The topological polar surface area (TPSA) is 0 Å². The first kappa shape index (κ1) is 3.13. The molecule has 0 bridgehead atoms. The normalized spacial score (nSPS) is 26.2. The van der Waals surface area contributed by atoms with Crippen molar-refractivity contribution in [2.45, 2.75) is 16.3 Å². The molecule has 0 N–H and O–H groups in total. The summed E-state index contributed by atoms with van der Waals surface area (Å²) < 4.78 is 1.25. The van der Waals surface area contributed by atoms with Crippen molar-refractivity contribution in [1.29, 1.82) is 0 Å². The van der Waals surface area contributed by atoms with Crippen molar-refractivity contribution < 1.29 is 0 Å². The molecular formula is C3H6Pb. The van der Waals surface area contributed by atoms with Crippen LogP contribution in [0.15, 0.2) is 0 Å². The molecule has 0 unspecified atom stereocenters. The van der Waals surface area contributed by atoms with Gasteiger partial charge in [0.15, 0.2) is 0 Å². The Balaban J connectivity index is 2.17. The molecule has 1 fully saturated rings. The van der Waals surface area contributed by atoms with Crippen molar-refractivity contribution in [3.8, 4) is 0 Å². The molecule has 0 aromatic heterocycles. The van der Waals surface area contributed by atoms with E-state index in [1.165, 1.54) is 29.2 Å². The summed E-state index contributed by atoms with van der Waals surface area (Å²) in [5.41, 5.74) is 0. The first-order chi connectivity index (χ1) is 1.89. The molecule has 0 nitrogen and oxygen atoms in total. The minimum atomic E-state index is 1.25. The fourth-order valence-corrected chi connectivity index (χ4v) is 0.844. The molecule has 0 aromatic rings. The van der Waals surface area contributed by atoms with Gasteiger partial charge in [-0.2, -0.15) is 0 Å². The fourth-order valence-electron chi connectivity index (χ4n) is 0.0962. The second-order valence-electron chi connectivity index (χ2n) is 1.34. The zero-order valence-electron chi connectivity index (χ0n) is 2.57. The van der Waals surface area contributed by atoms with E-state index in [-0.39, 0.29) is 0 Å². The molecular weight excluding hydrogens is 243 g/mol. The van der Waals surface area contributed by atoms with Crippen LogP contribution in [-0.2, 0) is 0 Å². The summed E-state index contributed by atoms with van der Waals surface area (Å²) >= 11 is 1.30. The van der Waals surface area contributed by atoms with E-state index in [2.05, 4.69) is 0 Å². The maximum absolute atomic E-state index is 1.56. The summed E-state index contributed by atoms with van der Waals surface area (Å²) in [7, 11) is 0. The van der Waals surface area contributed by atoms with Gasteiger partial charge in [0, 0.05) is 0 Å². The molecule has 1 heteroatoms. The molecule has 0 atom stereocenters. The fraction of sp³-hybridized carbons (Fsp3) is 1.00. The van der Waals surface area contributed by atoms with Crippen molar-refractivity contribution in [3.63, 3.8) is 0 Å². The third kappa shape index (κ3) is 0.702. The van der Waals surface area contributed by atoms with Gasteiger partial charge in [0.05, 0.1) is 0 Å². The van der Waals surface area contributed by atoms with Gasteiger partial charge in [-0.15, -0.1) is 0 Å². The summed E-state index contributed by atoms with van der Waals surface area (Å²) in [5.74, 6) is 0. The van der Waals surface area contributed by atoms with Gasteiger partial charge in [-0.3, -0.25) is 0 Å². The predicted molar refractivity (Wildman–Crippen MR) is 20.1 cm³/mol. The van der Waals surface area contributed by atoms with Gasteiger partial charge in [0.1, 0.15) is 0 Å². The van der Waals surface area contributed by atoms with Crippen LogP contribution in [0.25, 0.3) is 0 Å². The monoisotopic (exact) mass is 250 g/mol. The van der Waals surface area contributed by atoms with E-state index in [0.29, 0.717) is 0 Å². The van der Waals surface area contributed by atoms with E-state index >= 15 is 0 Å². The zero-order chi connectivity index (χ0) is 2.99. The molecule has 1 saturated carbocycles. The molecule has 0 aliphatic heterocycles. The molecule has 1 rings (SSSR count). The SMILES string of the molecule is [PbH][CH]1CC1. The molecule has 1 aliphatic rings. The van der Waals surface area contributed by atoms with Crippen LogP contribution in [0.2, 0.25) is 3.48 Å². The molecule has 0 heterocycles. The molecule has 22 valence electrons. The predicted octanol–water partition coefficient (Wildman–Crippen LogP) is 0.469. The van der Waals surface area contributed by atoms with Crippen molar-refractivity contribution in [3.05, 3.63) is 0 Å². The van der Waals surface area contributed by atoms with E-state index < -0.39 is 0 Å². The van der Waals surface area contributed by atoms with E-state index in [4.69, 9.17) is 0 Å². The average molecular weight is 249 g/mol. The summed E-state index contributed by atoms with van der Waals surface area (Å²) in [6.07, 6.45) is 3.12. The first-order valence-electron chi connectivity index (χ1n) is 1.65. The first-order valence-corrected chi connectivity index (χ1v) is 4.24. The Morgan fingerprint density at radius 1 is 1.50 bits per heavy atom. The number of hydrogen-bond donors (Lipinski definition) is 0. The van der Waals surface area contributed by atoms with Crippen LogP contribution in [-0.4, -0.2) is 25.8 Å². The average Bonchev–Trinajstić information content (AvgIpc) is 1.75. The van der Waals surface area contributed by atoms with E-state index in [1.807, 2.05) is 0 Å². The Hall–Kier alpha value is 0.922. The second-order valence-corrected chi connectivity index (χ2v) is 5.00. The van der Waals surface area contributed by atoms with Gasteiger partial charge in [0.2, 0.25) is 0 Å². The summed E-state index contributed by atoms with van der Waals surface area (Å²) in [5, 5.41) is 0. The van der Waals surface area contributed by atoms with E-state index in [0.717, 1.165) is 0 Å². The Labute approximate surface area is 42.3 Å². The summed E-state index contributed by atoms with van der Waals surface area (Å²) in [4.78, 5) is 0. The van der Waals surface area contributed by atoms with Gasteiger partial charge in [-0.25, -0.2) is 0 Å². The van der Waals surface area contributed by atoms with Crippen LogP contribution >= 0.6 is 0 Å². The zero-order valence-corrected chi connectivity index (χ0v) is 7.06. The second kappa shape index (κ2) is 0.955. The van der Waals surface area contributed by atoms with Crippen molar-refractivity contribution in [2.75, 3.05) is 0 Å². The van der Waals surface area contributed by atoms with Crippen LogP contribution in [0.5, 0.6) is 0 Å². The maximum atomic E-state index is 1.56. The molecule has 2 radical (unpaired) electrons. The van der Waals surface area contributed by atoms with Crippen LogP contribution in [0.3, 0.4) is 0 Å². The summed E-state index contributed by atoms with van der Waals surface area (Å²) in [6.45, 7) is 0. The minimum absolute atomic E-state index is 1.25.